The van der Waals surface area contributed by atoms with Gasteiger partial charge in [-0.15, -0.1) is 0 Å². The smallest absolute Gasteiger partial charge is 0.119 e. The first-order chi connectivity index (χ1) is 9.11. The number of nitrogens with one attached hydrogen (secondary N) is 1. The summed E-state index contributed by atoms with van der Waals surface area (Å²) in [5, 5.41) is 22.3. The van der Waals surface area contributed by atoms with Gasteiger partial charge >= 0.3 is 0 Å². The molecule has 0 aliphatic rings. The highest BCUT2D eigenvalue weighted by molar-refractivity contribution is 9.10. The van der Waals surface area contributed by atoms with Gasteiger partial charge in [0.2, 0.25) is 0 Å². The fraction of sp³-hybridized carbons (Fsp3) is 0.571. The van der Waals surface area contributed by atoms with Crippen molar-refractivity contribution in [3.05, 3.63) is 28.7 Å². The van der Waals surface area contributed by atoms with Crippen molar-refractivity contribution in [3.63, 3.8) is 0 Å². The van der Waals surface area contributed by atoms with E-state index in [9.17, 15) is 10.2 Å². The van der Waals surface area contributed by atoms with Crippen LogP contribution in [0.4, 0.5) is 0 Å². The van der Waals surface area contributed by atoms with Gasteiger partial charge in [-0.1, -0.05) is 29.3 Å². The second-order valence-electron chi connectivity index (χ2n) is 4.52. The van der Waals surface area contributed by atoms with Gasteiger partial charge in [0.05, 0.1) is 6.10 Å². The Morgan fingerprint density at radius 3 is 2.42 bits per heavy atom. The predicted molar refractivity (Wildman–Crippen MR) is 79.4 cm³/mol. The monoisotopic (exact) mass is 331 g/mol. The van der Waals surface area contributed by atoms with Crippen molar-refractivity contribution in [2.24, 2.45) is 0 Å². The largest absolute Gasteiger partial charge is 0.491 e. The molecule has 0 spiro atoms. The summed E-state index contributed by atoms with van der Waals surface area (Å²) in [4.78, 5) is 0. The molecule has 0 aliphatic heterocycles. The number of rotatable bonds is 9. The molecule has 0 saturated carbocycles. The van der Waals surface area contributed by atoms with E-state index in [0.717, 1.165) is 23.1 Å². The van der Waals surface area contributed by atoms with E-state index in [1.54, 1.807) is 0 Å². The first kappa shape index (κ1) is 16.4. The van der Waals surface area contributed by atoms with E-state index in [1.165, 1.54) is 0 Å². The lowest BCUT2D eigenvalue weighted by Crippen LogP contribution is -2.35. The van der Waals surface area contributed by atoms with Crippen LogP contribution >= 0.6 is 15.9 Å². The number of aliphatic hydroxyl groups is 2. The van der Waals surface area contributed by atoms with E-state index in [-0.39, 0.29) is 12.7 Å². The van der Waals surface area contributed by atoms with Crippen molar-refractivity contribution in [2.45, 2.75) is 32.0 Å². The van der Waals surface area contributed by atoms with Crippen LogP contribution in [0.3, 0.4) is 0 Å². The highest BCUT2D eigenvalue weighted by Gasteiger charge is 2.07. The normalized spacial score (nSPS) is 14.1. The maximum absolute atomic E-state index is 9.73. The van der Waals surface area contributed by atoms with Crippen molar-refractivity contribution < 1.29 is 14.9 Å². The first-order valence-electron chi connectivity index (χ1n) is 6.57. The Hall–Kier alpha value is -0.620. The second-order valence-corrected chi connectivity index (χ2v) is 5.44. The zero-order valence-electron chi connectivity index (χ0n) is 11.2. The number of aliphatic hydroxyl groups excluding tert-OH is 2. The average molecular weight is 332 g/mol. The molecule has 0 aromatic heterocycles. The number of ether oxygens (including phenoxy) is 1. The maximum Gasteiger partial charge on any atom is 0.119 e. The first-order valence-corrected chi connectivity index (χ1v) is 7.36. The molecule has 4 nitrogen and oxygen atoms in total. The van der Waals surface area contributed by atoms with Gasteiger partial charge < -0.3 is 20.3 Å². The Balaban J connectivity index is 2.14. The molecule has 1 aromatic carbocycles. The van der Waals surface area contributed by atoms with Crippen LogP contribution in [-0.2, 0) is 0 Å². The van der Waals surface area contributed by atoms with E-state index in [0.29, 0.717) is 13.1 Å². The lowest BCUT2D eigenvalue weighted by atomic mass is 10.2. The van der Waals surface area contributed by atoms with Crippen LogP contribution in [0.25, 0.3) is 0 Å². The summed E-state index contributed by atoms with van der Waals surface area (Å²) >= 11 is 3.35. The van der Waals surface area contributed by atoms with Crippen LogP contribution < -0.4 is 10.1 Å². The standard InChI is InChI=1S/C14H22BrNO3/c1-2-3-12(17)8-16-9-13(18)10-19-14-6-4-11(15)5-7-14/h4-7,12-13,16-18H,2-3,8-10H2,1H3. The number of halogens is 1. The molecule has 5 heteroatoms. The summed E-state index contributed by atoms with van der Waals surface area (Å²) in [7, 11) is 0. The molecule has 0 saturated heterocycles. The molecule has 0 aliphatic carbocycles. The lowest BCUT2D eigenvalue weighted by molar-refractivity contribution is 0.0984. The molecule has 0 fully saturated rings. The SMILES string of the molecule is CCCC(O)CNCC(O)COc1ccc(Br)cc1. The molecule has 1 aromatic rings. The molecule has 0 bridgehead atoms. The molecular formula is C14H22BrNO3. The highest BCUT2D eigenvalue weighted by atomic mass is 79.9. The van der Waals surface area contributed by atoms with E-state index in [2.05, 4.69) is 21.2 Å². The van der Waals surface area contributed by atoms with E-state index < -0.39 is 6.10 Å². The van der Waals surface area contributed by atoms with Crippen molar-refractivity contribution in [1.82, 2.24) is 5.32 Å². The fourth-order valence-corrected chi connectivity index (χ4v) is 1.90. The summed E-state index contributed by atoms with van der Waals surface area (Å²) in [6.07, 6.45) is 0.804. The van der Waals surface area contributed by atoms with Crippen molar-refractivity contribution in [3.8, 4) is 5.75 Å². The van der Waals surface area contributed by atoms with Crippen LogP contribution in [0, 0.1) is 0 Å². The average Bonchev–Trinajstić information content (AvgIpc) is 2.38. The molecule has 2 unspecified atom stereocenters. The second kappa shape index (κ2) is 9.31. The van der Waals surface area contributed by atoms with Crippen LogP contribution in [0.1, 0.15) is 19.8 Å². The van der Waals surface area contributed by atoms with Crippen molar-refractivity contribution in [2.75, 3.05) is 19.7 Å². The third-order valence-electron chi connectivity index (χ3n) is 2.64. The minimum absolute atomic E-state index is 0.235. The van der Waals surface area contributed by atoms with Gasteiger partial charge in [-0.2, -0.15) is 0 Å². The van der Waals surface area contributed by atoms with E-state index in [4.69, 9.17) is 4.74 Å². The van der Waals surface area contributed by atoms with Gasteiger partial charge in [-0.05, 0) is 30.7 Å². The Morgan fingerprint density at radius 2 is 1.79 bits per heavy atom. The van der Waals surface area contributed by atoms with Gasteiger partial charge in [0.15, 0.2) is 0 Å². The molecule has 19 heavy (non-hydrogen) atoms. The fourth-order valence-electron chi connectivity index (χ4n) is 1.63. The molecule has 0 heterocycles. The van der Waals surface area contributed by atoms with E-state index in [1.807, 2.05) is 31.2 Å². The molecule has 0 radical (unpaired) electrons. The van der Waals surface area contributed by atoms with Gasteiger partial charge in [0.1, 0.15) is 18.5 Å². The number of hydrogen-bond donors (Lipinski definition) is 3. The highest BCUT2D eigenvalue weighted by Crippen LogP contribution is 2.16. The zero-order valence-corrected chi connectivity index (χ0v) is 12.8. The van der Waals surface area contributed by atoms with Crippen LogP contribution in [0.2, 0.25) is 0 Å². The molecule has 108 valence electrons. The summed E-state index contributed by atoms with van der Waals surface area (Å²) in [5.74, 6) is 0.730. The molecule has 2 atom stereocenters. The topological polar surface area (TPSA) is 61.7 Å². The van der Waals surface area contributed by atoms with Crippen molar-refractivity contribution >= 4 is 15.9 Å². The molecule has 1 rings (SSSR count). The lowest BCUT2D eigenvalue weighted by Gasteiger charge is -2.15. The third-order valence-corrected chi connectivity index (χ3v) is 3.17. The summed E-state index contributed by atoms with van der Waals surface area (Å²) in [6.45, 7) is 3.18. The quantitative estimate of drug-likeness (QED) is 0.647. The summed E-state index contributed by atoms with van der Waals surface area (Å²) < 4.78 is 6.45. The van der Waals surface area contributed by atoms with Gasteiger partial charge in [-0.25, -0.2) is 0 Å². The van der Waals surface area contributed by atoms with Crippen LogP contribution in [0.15, 0.2) is 28.7 Å². The molecule has 3 N–H and O–H groups in total. The third kappa shape index (κ3) is 7.52. The Morgan fingerprint density at radius 1 is 1.16 bits per heavy atom. The van der Waals surface area contributed by atoms with Crippen LogP contribution in [0.5, 0.6) is 5.75 Å². The predicted octanol–water partition coefficient (Wildman–Crippen LogP) is 1.94. The number of hydrogen-bond acceptors (Lipinski definition) is 4. The summed E-state index contributed by atoms with van der Waals surface area (Å²) in [6, 6.07) is 7.46. The van der Waals surface area contributed by atoms with Gasteiger partial charge in [0, 0.05) is 17.6 Å². The zero-order chi connectivity index (χ0) is 14.1. The van der Waals surface area contributed by atoms with Crippen LogP contribution in [-0.4, -0.2) is 42.1 Å². The van der Waals surface area contributed by atoms with Gasteiger partial charge in [0.25, 0.3) is 0 Å². The minimum atomic E-state index is -0.586. The Kier molecular flexibility index (Phi) is 8.05. The van der Waals surface area contributed by atoms with Gasteiger partial charge in [-0.3, -0.25) is 0 Å². The Bertz CT molecular complexity index is 345. The summed E-state index contributed by atoms with van der Waals surface area (Å²) in [5.41, 5.74) is 0. The Labute approximate surface area is 122 Å². The minimum Gasteiger partial charge on any atom is -0.491 e. The molecule has 0 amide bonds. The number of benzene rings is 1. The maximum atomic E-state index is 9.73. The van der Waals surface area contributed by atoms with Crippen molar-refractivity contribution in [1.29, 1.82) is 0 Å². The van der Waals surface area contributed by atoms with E-state index >= 15 is 0 Å². The molecular weight excluding hydrogens is 310 g/mol.